The van der Waals surface area contributed by atoms with Gasteiger partial charge in [-0.15, -0.1) is 6.58 Å². The number of benzene rings is 1. The Bertz CT molecular complexity index is 889. The van der Waals surface area contributed by atoms with E-state index in [1.54, 1.807) is 0 Å². The van der Waals surface area contributed by atoms with Gasteiger partial charge in [0.2, 0.25) is 0 Å². The van der Waals surface area contributed by atoms with Gasteiger partial charge in [-0.05, 0) is 112 Å². The Hall–Kier alpha value is -1.16. The summed E-state index contributed by atoms with van der Waals surface area (Å²) in [5.41, 5.74) is 3.05. The minimum atomic E-state index is -0.226. The first kappa shape index (κ1) is 24.2. The number of ether oxygens (including phenoxy) is 3. The second-order valence-electron chi connectivity index (χ2n) is 12.9. The fraction of sp³-hybridized carbons (Fsp3) is 0.750. The van der Waals surface area contributed by atoms with E-state index in [1.807, 2.05) is 0 Å². The summed E-state index contributed by atoms with van der Waals surface area (Å²) in [6.07, 6.45) is 13.4. The van der Waals surface area contributed by atoms with Crippen LogP contribution < -0.4 is 0 Å². The van der Waals surface area contributed by atoms with Crippen molar-refractivity contribution in [1.29, 1.82) is 0 Å². The summed E-state index contributed by atoms with van der Waals surface area (Å²) in [7, 11) is 0. The van der Waals surface area contributed by atoms with Crippen LogP contribution in [0.1, 0.15) is 83.6 Å². The van der Waals surface area contributed by atoms with Crippen molar-refractivity contribution in [3.8, 4) is 0 Å². The van der Waals surface area contributed by atoms with Crippen LogP contribution >= 0.6 is 0 Å². The second kappa shape index (κ2) is 9.62. The van der Waals surface area contributed by atoms with Crippen LogP contribution in [-0.2, 0) is 20.8 Å². The number of rotatable bonds is 6. The fourth-order valence-corrected chi connectivity index (χ4v) is 9.97. The average molecular weight is 479 g/mol. The van der Waals surface area contributed by atoms with Crippen LogP contribution in [0.25, 0.3) is 0 Å². The van der Waals surface area contributed by atoms with Gasteiger partial charge < -0.3 is 14.2 Å². The van der Waals surface area contributed by atoms with Gasteiger partial charge in [-0.25, -0.2) is 0 Å². The molecule has 0 radical (unpaired) electrons. The standard InChI is InChI=1S/C32H46O3/c1-22(2)19-31-15-13-27-26-14-16-32(34-17-18-35-32)20-25(26)9-10-28(27)30(31)12-11-29(31)23(3)33-21-24-7-5-4-6-8-24/h4-8,23,25-30H,1,9-21H2,2-3H3/t23?,25-,26+,27-,28-,29-,30+,31+/m1/s1. The van der Waals surface area contributed by atoms with Gasteiger partial charge in [0, 0.05) is 12.8 Å². The first-order valence-electron chi connectivity index (χ1n) is 14.6. The lowest BCUT2D eigenvalue weighted by Gasteiger charge is -2.58. The van der Waals surface area contributed by atoms with Crippen LogP contribution in [0.2, 0.25) is 0 Å². The summed E-state index contributed by atoms with van der Waals surface area (Å²) in [6.45, 7) is 11.4. The summed E-state index contributed by atoms with van der Waals surface area (Å²) in [5, 5.41) is 0. The molecule has 3 nitrogen and oxygen atoms in total. The molecule has 8 atom stereocenters. The molecule has 1 spiro atoms. The molecular weight excluding hydrogens is 432 g/mol. The smallest absolute Gasteiger partial charge is 0.168 e. The van der Waals surface area contributed by atoms with Crippen LogP contribution in [0.5, 0.6) is 0 Å². The Morgan fingerprint density at radius 1 is 0.971 bits per heavy atom. The van der Waals surface area contributed by atoms with Crippen molar-refractivity contribution < 1.29 is 14.2 Å². The van der Waals surface area contributed by atoms with Crippen molar-refractivity contribution in [2.24, 2.45) is 40.9 Å². The zero-order valence-electron chi connectivity index (χ0n) is 22.1. The molecule has 5 aliphatic rings. The molecule has 4 saturated carbocycles. The van der Waals surface area contributed by atoms with E-state index in [4.69, 9.17) is 14.2 Å². The molecule has 0 amide bonds. The highest BCUT2D eigenvalue weighted by molar-refractivity contribution is 5.15. The van der Waals surface area contributed by atoms with Crippen LogP contribution in [0, 0.1) is 40.9 Å². The summed E-state index contributed by atoms with van der Waals surface area (Å²) < 4.78 is 18.9. The molecule has 0 N–H and O–H groups in total. The van der Waals surface area contributed by atoms with E-state index in [0.717, 1.165) is 62.3 Å². The van der Waals surface area contributed by atoms with E-state index in [9.17, 15) is 0 Å². The molecule has 0 bridgehead atoms. The van der Waals surface area contributed by atoms with Gasteiger partial charge in [0.25, 0.3) is 0 Å². The van der Waals surface area contributed by atoms with Crippen LogP contribution in [-0.4, -0.2) is 25.1 Å². The Balaban J connectivity index is 1.19. The molecule has 3 heteroatoms. The van der Waals surface area contributed by atoms with Gasteiger partial charge >= 0.3 is 0 Å². The molecule has 1 saturated heterocycles. The molecule has 4 aliphatic carbocycles. The third kappa shape index (κ3) is 4.34. The molecule has 1 aromatic carbocycles. The zero-order chi connectivity index (χ0) is 24.0. The quantitative estimate of drug-likeness (QED) is 0.395. The van der Waals surface area contributed by atoms with Gasteiger partial charge in [0.1, 0.15) is 0 Å². The lowest BCUT2D eigenvalue weighted by atomic mass is 9.48. The lowest BCUT2D eigenvalue weighted by molar-refractivity contribution is -0.210. The third-order valence-corrected chi connectivity index (χ3v) is 11.1. The fourth-order valence-electron chi connectivity index (χ4n) is 9.97. The summed E-state index contributed by atoms with van der Waals surface area (Å²) in [4.78, 5) is 0. The second-order valence-corrected chi connectivity index (χ2v) is 12.9. The van der Waals surface area contributed by atoms with Crippen molar-refractivity contribution in [3.63, 3.8) is 0 Å². The predicted molar refractivity (Wildman–Crippen MR) is 140 cm³/mol. The first-order valence-corrected chi connectivity index (χ1v) is 14.6. The average Bonchev–Trinajstić information content (AvgIpc) is 3.47. The van der Waals surface area contributed by atoms with Gasteiger partial charge in [-0.2, -0.15) is 0 Å². The minimum absolute atomic E-state index is 0.226. The van der Waals surface area contributed by atoms with E-state index in [1.165, 1.54) is 62.5 Å². The highest BCUT2D eigenvalue weighted by Gasteiger charge is 2.60. The predicted octanol–water partition coefficient (Wildman–Crippen LogP) is 7.55. The Labute approximate surface area is 213 Å². The van der Waals surface area contributed by atoms with Crippen molar-refractivity contribution >= 4 is 0 Å². The van der Waals surface area contributed by atoms with E-state index >= 15 is 0 Å². The normalized spacial score (nSPS) is 40.6. The van der Waals surface area contributed by atoms with Crippen LogP contribution in [0.3, 0.4) is 0 Å². The van der Waals surface area contributed by atoms with Gasteiger partial charge in [0.15, 0.2) is 5.79 Å². The van der Waals surface area contributed by atoms with Crippen LogP contribution in [0.15, 0.2) is 42.5 Å². The molecule has 1 heterocycles. The molecule has 192 valence electrons. The SMILES string of the molecule is C=C(C)C[C@]12CC[C@H]3[C@@H](CC[C@@H]4CC5(CC[C@@H]43)OCCO5)[C@@H]1CC[C@@H]2C(C)OCc1ccccc1. The topological polar surface area (TPSA) is 27.7 Å². The molecule has 1 aromatic rings. The van der Waals surface area contributed by atoms with Crippen molar-refractivity contribution in [2.75, 3.05) is 13.2 Å². The Morgan fingerprint density at radius 3 is 2.51 bits per heavy atom. The van der Waals surface area contributed by atoms with Crippen molar-refractivity contribution in [2.45, 2.75) is 96.6 Å². The third-order valence-electron chi connectivity index (χ3n) is 11.1. The van der Waals surface area contributed by atoms with E-state index in [2.05, 4.69) is 50.8 Å². The summed E-state index contributed by atoms with van der Waals surface area (Å²) in [6, 6.07) is 10.7. The maximum atomic E-state index is 6.59. The number of fused-ring (bicyclic) bond motifs is 5. The lowest BCUT2D eigenvalue weighted by Crippen LogP contribution is -2.52. The van der Waals surface area contributed by atoms with Gasteiger partial charge in [-0.1, -0.05) is 35.9 Å². The molecule has 1 aliphatic heterocycles. The highest BCUT2D eigenvalue weighted by Crippen LogP contribution is 2.67. The largest absolute Gasteiger partial charge is 0.374 e. The Morgan fingerprint density at radius 2 is 1.74 bits per heavy atom. The van der Waals surface area contributed by atoms with Gasteiger partial charge in [0.05, 0.1) is 25.9 Å². The molecule has 6 rings (SSSR count). The highest BCUT2D eigenvalue weighted by atomic mass is 16.7. The zero-order valence-corrected chi connectivity index (χ0v) is 22.1. The van der Waals surface area contributed by atoms with Crippen molar-refractivity contribution in [1.82, 2.24) is 0 Å². The first-order chi connectivity index (χ1) is 17.0. The number of hydrogen-bond acceptors (Lipinski definition) is 3. The van der Waals surface area contributed by atoms with Crippen molar-refractivity contribution in [3.05, 3.63) is 48.0 Å². The molecule has 1 unspecified atom stereocenters. The summed E-state index contributed by atoms with van der Waals surface area (Å²) in [5.74, 6) is 4.78. The monoisotopic (exact) mass is 478 g/mol. The van der Waals surface area contributed by atoms with E-state index in [-0.39, 0.29) is 5.79 Å². The molecular formula is C32H46O3. The van der Waals surface area contributed by atoms with E-state index in [0.29, 0.717) is 17.4 Å². The van der Waals surface area contributed by atoms with E-state index < -0.39 is 0 Å². The minimum Gasteiger partial charge on any atom is -0.374 e. The maximum absolute atomic E-state index is 6.59. The molecule has 35 heavy (non-hydrogen) atoms. The maximum Gasteiger partial charge on any atom is 0.168 e. The number of allylic oxidation sites excluding steroid dienone is 1. The molecule has 5 fully saturated rings. The van der Waals surface area contributed by atoms with Gasteiger partial charge in [-0.3, -0.25) is 0 Å². The number of hydrogen-bond donors (Lipinski definition) is 0. The summed E-state index contributed by atoms with van der Waals surface area (Å²) >= 11 is 0. The molecule has 0 aromatic heterocycles. The van der Waals surface area contributed by atoms with Crippen LogP contribution in [0.4, 0.5) is 0 Å². The Kier molecular flexibility index (Phi) is 6.65.